The van der Waals surface area contributed by atoms with Gasteiger partial charge in [-0.05, 0) is 58.3 Å². The van der Waals surface area contributed by atoms with Crippen molar-refractivity contribution in [1.82, 2.24) is 14.5 Å². The van der Waals surface area contributed by atoms with E-state index in [1.54, 1.807) is 0 Å². The summed E-state index contributed by atoms with van der Waals surface area (Å²) in [6.45, 7) is 2.23. The van der Waals surface area contributed by atoms with Gasteiger partial charge in [-0.3, -0.25) is 0 Å². The van der Waals surface area contributed by atoms with E-state index in [4.69, 9.17) is 5.73 Å². The van der Waals surface area contributed by atoms with Crippen molar-refractivity contribution >= 4 is 24.8 Å². The van der Waals surface area contributed by atoms with Crippen molar-refractivity contribution < 1.29 is 0 Å². The third-order valence-electron chi connectivity index (χ3n) is 5.21. The first-order valence-corrected chi connectivity index (χ1v) is 8.61. The lowest BCUT2D eigenvalue weighted by molar-refractivity contribution is 0.321. The molecule has 1 unspecified atom stereocenters. The summed E-state index contributed by atoms with van der Waals surface area (Å²) < 4.78 is 2.35. The van der Waals surface area contributed by atoms with Crippen LogP contribution in [-0.4, -0.2) is 34.6 Å². The first-order chi connectivity index (χ1) is 11.1. The highest BCUT2D eigenvalue weighted by Gasteiger charge is 2.22. The summed E-state index contributed by atoms with van der Waals surface area (Å²) >= 11 is 0. The van der Waals surface area contributed by atoms with Gasteiger partial charge in [0.25, 0.3) is 0 Å². The van der Waals surface area contributed by atoms with Crippen LogP contribution in [0.25, 0.3) is 11.4 Å². The summed E-state index contributed by atoms with van der Waals surface area (Å²) in [4.78, 5) is 6.87. The highest BCUT2D eigenvalue weighted by Crippen LogP contribution is 2.32. The molecule has 2 N–H and O–H groups in total. The highest BCUT2D eigenvalue weighted by atomic mass is 35.5. The van der Waals surface area contributed by atoms with E-state index in [1.165, 1.54) is 11.1 Å². The number of imidazole rings is 1. The van der Waals surface area contributed by atoms with Crippen molar-refractivity contribution in [3.63, 3.8) is 0 Å². The highest BCUT2D eigenvalue weighted by molar-refractivity contribution is 5.85. The Labute approximate surface area is 163 Å². The largest absolute Gasteiger partial charge is 0.328 e. The fourth-order valence-electron chi connectivity index (χ4n) is 3.45. The molecule has 0 bridgehead atoms. The van der Waals surface area contributed by atoms with Gasteiger partial charge in [0.1, 0.15) is 5.82 Å². The summed E-state index contributed by atoms with van der Waals surface area (Å²) in [7, 11) is 4.23. The van der Waals surface area contributed by atoms with Crippen LogP contribution in [0.4, 0.5) is 0 Å². The van der Waals surface area contributed by atoms with Crippen LogP contribution in [-0.2, 0) is 0 Å². The molecule has 0 amide bonds. The molecule has 0 radical (unpaired) electrons. The van der Waals surface area contributed by atoms with E-state index in [0.717, 1.165) is 31.5 Å². The minimum Gasteiger partial charge on any atom is -0.328 e. The summed E-state index contributed by atoms with van der Waals surface area (Å²) in [5, 5.41) is 0. The number of rotatable bonds is 4. The molecule has 1 atom stereocenters. The van der Waals surface area contributed by atoms with E-state index < -0.39 is 0 Å². The average Bonchev–Trinajstić information content (AvgIpc) is 3.04. The molecule has 0 aliphatic heterocycles. The van der Waals surface area contributed by atoms with Crippen LogP contribution in [0.2, 0.25) is 0 Å². The number of hydrogen-bond donors (Lipinski definition) is 1. The first kappa shape index (κ1) is 22.0. The maximum atomic E-state index is 6.05. The van der Waals surface area contributed by atoms with Gasteiger partial charge in [0.15, 0.2) is 0 Å². The van der Waals surface area contributed by atoms with Gasteiger partial charge in [0.05, 0.1) is 0 Å². The Morgan fingerprint density at radius 3 is 2.48 bits per heavy atom. The number of nitrogens with zero attached hydrogens (tertiary/aromatic N) is 3. The zero-order chi connectivity index (χ0) is 16.4. The maximum Gasteiger partial charge on any atom is 0.140 e. The van der Waals surface area contributed by atoms with E-state index >= 15 is 0 Å². The molecule has 1 aliphatic rings. The predicted molar refractivity (Wildman–Crippen MR) is 110 cm³/mol. The normalized spacial score (nSPS) is 21.3. The molecule has 140 valence electrons. The Kier molecular flexibility index (Phi) is 8.42. The molecule has 1 fully saturated rings. The third kappa shape index (κ3) is 4.98. The minimum absolute atomic E-state index is 0. The molecule has 1 aromatic carbocycles. The van der Waals surface area contributed by atoms with Crippen LogP contribution in [0.3, 0.4) is 0 Å². The molecule has 6 heteroatoms. The number of benzene rings is 1. The van der Waals surface area contributed by atoms with Crippen molar-refractivity contribution in [3.05, 3.63) is 42.2 Å². The fourth-order valence-corrected chi connectivity index (χ4v) is 3.45. The molecule has 2 aromatic rings. The number of halogens is 2. The molecule has 1 saturated carbocycles. The lowest BCUT2D eigenvalue weighted by atomic mass is 9.91. The van der Waals surface area contributed by atoms with Gasteiger partial charge >= 0.3 is 0 Å². The molecule has 0 spiro atoms. The lowest BCUT2D eigenvalue weighted by Gasteiger charge is -2.28. The van der Waals surface area contributed by atoms with Gasteiger partial charge in [-0.15, -0.1) is 24.8 Å². The van der Waals surface area contributed by atoms with Gasteiger partial charge < -0.3 is 15.2 Å². The van der Waals surface area contributed by atoms with Crippen molar-refractivity contribution in [2.75, 3.05) is 14.1 Å². The maximum absolute atomic E-state index is 6.05. The van der Waals surface area contributed by atoms with Crippen molar-refractivity contribution in [1.29, 1.82) is 0 Å². The Morgan fingerprint density at radius 1 is 1.16 bits per heavy atom. The summed E-state index contributed by atoms with van der Waals surface area (Å²) in [5.74, 6) is 1.08. The second kappa shape index (κ2) is 9.58. The second-order valence-corrected chi connectivity index (χ2v) is 6.99. The quantitative estimate of drug-likeness (QED) is 0.845. The minimum atomic E-state index is 0. The van der Waals surface area contributed by atoms with Crippen LogP contribution < -0.4 is 5.73 Å². The average molecular weight is 385 g/mol. The zero-order valence-corrected chi connectivity index (χ0v) is 16.9. The molecule has 0 saturated heterocycles. The number of hydrogen-bond acceptors (Lipinski definition) is 3. The van der Waals surface area contributed by atoms with E-state index in [1.807, 2.05) is 6.20 Å². The second-order valence-electron chi connectivity index (χ2n) is 6.99. The van der Waals surface area contributed by atoms with E-state index in [2.05, 4.69) is 65.9 Å². The van der Waals surface area contributed by atoms with E-state index in [9.17, 15) is 0 Å². The standard InChI is InChI=1S/C19H28N4.2ClH/c1-14(22(2)3)15-5-4-6-16(13-15)19-21-11-12-23(19)18-9-7-17(20)8-10-18;;/h4-6,11-14,17-18H,7-10,20H2,1-3H3;2*1H. The van der Waals surface area contributed by atoms with Crippen molar-refractivity contribution in [2.45, 2.75) is 50.7 Å². The van der Waals surface area contributed by atoms with Crippen LogP contribution in [0, 0.1) is 0 Å². The Hall–Kier alpha value is -1.07. The molecular formula is C19H30Cl2N4. The van der Waals surface area contributed by atoms with Gasteiger partial charge in [-0.2, -0.15) is 0 Å². The van der Waals surface area contributed by atoms with Crippen LogP contribution in [0.15, 0.2) is 36.7 Å². The molecular weight excluding hydrogens is 355 g/mol. The van der Waals surface area contributed by atoms with Gasteiger partial charge in [0.2, 0.25) is 0 Å². The molecule has 25 heavy (non-hydrogen) atoms. The van der Waals surface area contributed by atoms with Gasteiger partial charge in [0, 0.05) is 36.1 Å². The van der Waals surface area contributed by atoms with Crippen molar-refractivity contribution in [2.24, 2.45) is 5.73 Å². The number of aromatic nitrogens is 2. The first-order valence-electron chi connectivity index (χ1n) is 8.61. The Morgan fingerprint density at radius 2 is 1.84 bits per heavy atom. The van der Waals surface area contributed by atoms with Gasteiger partial charge in [-0.1, -0.05) is 18.2 Å². The van der Waals surface area contributed by atoms with Gasteiger partial charge in [-0.25, -0.2) is 4.98 Å². The monoisotopic (exact) mass is 384 g/mol. The van der Waals surface area contributed by atoms with E-state index in [-0.39, 0.29) is 24.8 Å². The molecule has 4 nitrogen and oxygen atoms in total. The lowest BCUT2D eigenvalue weighted by Crippen LogP contribution is -2.27. The predicted octanol–water partition coefficient (Wildman–Crippen LogP) is 4.46. The van der Waals surface area contributed by atoms with Crippen molar-refractivity contribution in [3.8, 4) is 11.4 Å². The number of nitrogens with two attached hydrogens (primary N) is 1. The van der Waals surface area contributed by atoms with Crippen LogP contribution in [0.5, 0.6) is 0 Å². The SMILES string of the molecule is CC(c1cccc(-c2nccn2C2CCC(N)CC2)c1)N(C)C.Cl.Cl. The summed E-state index contributed by atoms with van der Waals surface area (Å²) in [6.07, 6.45) is 8.57. The third-order valence-corrected chi connectivity index (χ3v) is 5.21. The summed E-state index contributed by atoms with van der Waals surface area (Å²) in [6, 6.07) is 10.1. The Balaban J connectivity index is 0.00000156. The zero-order valence-electron chi connectivity index (χ0n) is 15.3. The molecule has 3 rings (SSSR count). The smallest absolute Gasteiger partial charge is 0.140 e. The summed E-state index contributed by atoms with van der Waals surface area (Å²) in [5.41, 5.74) is 8.58. The van der Waals surface area contributed by atoms with Crippen LogP contribution in [0.1, 0.15) is 50.3 Å². The van der Waals surface area contributed by atoms with Crippen LogP contribution >= 0.6 is 24.8 Å². The topological polar surface area (TPSA) is 47.1 Å². The molecule has 1 heterocycles. The molecule has 1 aliphatic carbocycles. The fraction of sp³-hybridized carbons (Fsp3) is 0.526. The Bertz CT molecular complexity index is 648. The molecule has 1 aromatic heterocycles. The van der Waals surface area contributed by atoms with E-state index in [0.29, 0.717) is 18.1 Å².